The summed E-state index contributed by atoms with van der Waals surface area (Å²) in [7, 11) is 3.41. The lowest BCUT2D eigenvalue weighted by atomic mass is 9.98. The van der Waals surface area contributed by atoms with Crippen molar-refractivity contribution in [2.75, 3.05) is 27.2 Å². The maximum atomic E-state index is 12.0. The molecule has 1 atom stereocenters. The summed E-state index contributed by atoms with van der Waals surface area (Å²) in [6, 6.07) is 18.1. The van der Waals surface area contributed by atoms with Gasteiger partial charge in [-0.05, 0) is 35.6 Å². The number of amides is 1. The summed E-state index contributed by atoms with van der Waals surface area (Å²) in [5, 5.41) is 9.42. The van der Waals surface area contributed by atoms with E-state index < -0.39 is 0 Å². The second-order valence-corrected chi connectivity index (χ2v) is 6.90. The minimum absolute atomic E-state index is 0.0185. The quantitative estimate of drug-likeness (QED) is 0.426. The van der Waals surface area contributed by atoms with Crippen LogP contribution in [0.25, 0.3) is 0 Å². The Kier molecular flexibility index (Phi) is 9.55. The molecule has 0 aliphatic heterocycles. The van der Waals surface area contributed by atoms with Crippen LogP contribution in [0.3, 0.4) is 0 Å². The number of nitrogens with zero attached hydrogens (tertiary/aromatic N) is 1. The van der Waals surface area contributed by atoms with E-state index in [9.17, 15) is 4.79 Å². The van der Waals surface area contributed by atoms with Gasteiger partial charge in [0.25, 0.3) is 0 Å². The van der Waals surface area contributed by atoms with Gasteiger partial charge in [0.2, 0.25) is 5.91 Å². The molecule has 2 aromatic rings. The first kappa shape index (κ1) is 22.3. The molecule has 2 rings (SSSR count). The highest BCUT2D eigenvalue weighted by Gasteiger charge is 2.07. The molecule has 29 heavy (non-hydrogen) atoms. The van der Waals surface area contributed by atoms with Crippen LogP contribution < -0.4 is 20.7 Å². The van der Waals surface area contributed by atoms with Gasteiger partial charge < -0.3 is 20.7 Å². The van der Waals surface area contributed by atoms with E-state index in [0.717, 1.165) is 24.3 Å². The number of hydrogen-bond acceptors (Lipinski definition) is 3. The maximum Gasteiger partial charge on any atom is 0.222 e. The van der Waals surface area contributed by atoms with Crippen LogP contribution in [0.1, 0.15) is 36.8 Å². The Morgan fingerprint density at radius 1 is 1.00 bits per heavy atom. The molecular weight excluding hydrogens is 364 g/mol. The van der Waals surface area contributed by atoms with E-state index in [1.54, 1.807) is 14.2 Å². The maximum absolute atomic E-state index is 12.0. The SMILES string of the molecule is CN=C(NCCC(=O)NCc1ccccc1)NCCC(C)c1ccc(OC)cc1. The monoisotopic (exact) mass is 396 g/mol. The number of carbonyl (C=O) groups excluding carboxylic acids is 1. The molecular formula is C23H32N4O2. The van der Waals surface area contributed by atoms with Crippen LogP contribution in [-0.2, 0) is 11.3 Å². The number of ether oxygens (including phenoxy) is 1. The number of benzene rings is 2. The summed E-state index contributed by atoms with van der Waals surface area (Å²) in [5.74, 6) is 2.03. The molecule has 1 amide bonds. The van der Waals surface area contributed by atoms with E-state index in [1.807, 2.05) is 42.5 Å². The molecule has 0 heterocycles. The molecule has 1 unspecified atom stereocenters. The fourth-order valence-electron chi connectivity index (χ4n) is 2.91. The summed E-state index contributed by atoms with van der Waals surface area (Å²) in [6.07, 6.45) is 1.38. The lowest BCUT2D eigenvalue weighted by Gasteiger charge is -2.15. The predicted molar refractivity (Wildman–Crippen MR) is 118 cm³/mol. The van der Waals surface area contributed by atoms with E-state index in [1.165, 1.54) is 5.56 Å². The Labute approximate surface area is 173 Å². The van der Waals surface area contributed by atoms with E-state index in [2.05, 4.69) is 40.0 Å². The molecule has 0 aromatic heterocycles. The van der Waals surface area contributed by atoms with Crippen molar-refractivity contribution in [1.82, 2.24) is 16.0 Å². The highest BCUT2D eigenvalue weighted by atomic mass is 16.5. The summed E-state index contributed by atoms with van der Waals surface area (Å²) in [4.78, 5) is 16.2. The number of rotatable bonds is 10. The zero-order chi connectivity index (χ0) is 20.9. The largest absolute Gasteiger partial charge is 0.497 e. The first-order valence-corrected chi connectivity index (χ1v) is 10.0. The smallest absolute Gasteiger partial charge is 0.222 e. The van der Waals surface area contributed by atoms with Gasteiger partial charge in [-0.3, -0.25) is 9.79 Å². The second kappa shape index (κ2) is 12.4. The molecule has 6 nitrogen and oxygen atoms in total. The standard InChI is InChI=1S/C23H32N4O2/c1-18(20-9-11-21(29-3)12-10-20)13-15-25-23(24-2)26-16-14-22(28)27-17-19-7-5-4-6-8-19/h4-12,18H,13-17H2,1-3H3,(H,27,28)(H2,24,25,26). The zero-order valence-corrected chi connectivity index (χ0v) is 17.6. The number of carbonyl (C=O) groups is 1. The van der Waals surface area contributed by atoms with Crippen LogP contribution in [0.4, 0.5) is 0 Å². The number of methoxy groups -OCH3 is 1. The topological polar surface area (TPSA) is 74.8 Å². The van der Waals surface area contributed by atoms with E-state index in [4.69, 9.17) is 4.74 Å². The Hall–Kier alpha value is -3.02. The van der Waals surface area contributed by atoms with E-state index in [-0.39, 0.29) is 5.91 Å². The van der Waals surface area contributed by atoms with E-state index in [0.29, 0.717) is 31.4 Å². The normalized spacial score (nSPS) is 12.2. The molecule has 0 radical (unpaired) electrons. The van der Waals surface area contributed by atoms with Crippen molar-refractivity contribution >= 4 is 11.9 Å². The van der Waals surface area contributed by atoms with Crippen molar-refractivity contribution in [2.45, 2.75) is 32.2 Å². The van der Waals surface area contributed by atoms with E-state index >= 15 is 0 Å². The molecule has 6 heteroatoms. The van der Waals surface area contributed by atoms with Crippen LogP contribution in [0.2, 0.25) is 0 Å². The first-order valence-electron chi connectivity index (χ1n) is 10.0. The summed E-state index contributed by atoms with van der Waals surface area (Å²) < 4.78 is 5.20. The van der Waals surface area contributed by atoms with Gasteiger partial charge in [0.05, 0.1) is 7.11 Å². The molecule has 3 N–H and O–H groups in total. The Morgan fingerprint density at radius 2 is 1.69 bits per heavy atom. The molecule has 2 aromatic carbocycles. The van der Waals surface area contributed by atoms with Crippen molar-refractivity contribution in [3.8, 4) is 5.75 Å². The Balaban J connectivity index is 1.62. The molecule has 0 saturated heterocycles. The Bertz CT molecular complexity index is 760. The number of nitrogens with one attached hydrogen (secondary N) is 3. The van der Waals surface area contributed by atoms with Crippen molar-refractivity contribution in [3.05, 3.63) is 65.7 Å². The number of aliphatic imine (C=N–C) groups is 1. The summed E-state index contributed by atoms with van der Waals surface area (Å²) in [6.45, 7) is 4.09. The minimum Gasteiger partial charge on any atom is -0.497 e. The highest BCUT2D eigenvalue weighted by molar-refractivity contribution is 5.81. The van der Waals surface area contributed by atoms with Gasteiger partial charge in [-0.15, -0.1) is 0 Å². The lowest BCUT2D eigenvalue weighted by molar-refractivity contribution is -0.121. The molecule has 0 fully saturated rings. The third kappa shape index (κ3) is 8.25. The first-order chi connectivity index (χ1) is 14.1. The average molecular weight is 397 g/mol. The van der Waals surface area contributed by atoms with Gasteiger partial charge in [-0.2, -0.15) is 0 Å². The van der Waals surface area contributed by atoms with Crippen molar-refractivity contribution in [3.63, 3.8) is 0 Å². The molecule has 0 spiro atoms. The molecule has 0 bridgehead atoms. The molecule has 156 valence electrons. The average Bonchev–Trinajstić information content (AvgIpc) is 2.77. The van der Waals surface area contributed by atoms with Crippen molar-refractivity contribution in [2.24, 2.45) is 4.99 Å². The van der Waals surface area contributed by atoms with Gasteiger partial charge in [0.1, 0.15) is 5.75 Å². The third-order valence-corrected chi connectivity index (χ3v) is 4.76. The summed E-state index contributed by atoms with van der Waals surface area (Å²) in [5.41, 5.74) is 2.38. The molecule has 0 aliphatic rings. The van der Waals surface area contributed by atoms with Crippen LogP contribution >= 0.6 is 0 Å². The molecule has 0 saturated carbocycles. The molecule has 0 aliphatic carbocycles. The van der Waals surface area contributed by atoms with Crippen LogP contribution in [-0.4, -0.2) is 39.1 Å². The van der Waals surface area contributed by atoms with Gasteiger partial charge >= 0.3 is 0 Å². The van der Waals surface area contributed by atoms with Crippen LogP contribution in [0.5, 0.6) is 5.75 Å². The minimum atomic E-state index is 0.0185. The lowest BCUT2D eigenvalue weighted by Crippen LogP contribution is -2.39. The van der Waals surface area contributed by atoms with Crippen LogP contribution in [0.15, 0.2) is 59.6 Å². The fraction of sp³-hybridized carbons (Fsp3) is 0.391. The Morgan fingerprint density at radius 3 is 2.34 bits per heavy atom. The van der Waals surface area contributed by atoms with Crippen molar-refractivity contribution in [1.29, 1.82) is 0 Å². The zero-order valence-electron chi connectivity index (χ0n) is 17.6. The summed E-state index contributed by atoms with van der Waals surface area (Å²) >= 11 is 0. The van der Waals surface area contributed by atoms with Gasteiger partial charge in [0, 0.05) is 33.1 Å². The predicted octanol–water partition coefficient (Wildman–Crippen LogP) is 3.06. The van der Waals surface area contributed by atoms with Gasteiger partial charge in [-0.1, -0.05) is 49.4 Å². The van der Waals surface area contributed by atoms with Crippen LogP contribution in [0, 0.1) is 0 Å². The van der Waals surface area contributed by atoms with Crippen molar-refractivity contribution < 1.29 is 9.53 Å². The number of guanidine groups is 1. The third-order valence-electron chi connectivity index (χ3n) is 4.76. The highest BCUT2D eigenvalue weighted by Crippen LogP contribution is 2.21. The number of hydrogen-bond donors (Lipinski definition) is 3. The fourth-order valence-corrected chi connectivity index (χ4v) is 2.91. The van der Waals surface area contributed by atoms with Gasteiger partial charge in [0.15, 0.2) is 5.96 Å². The second-order valence-electron chi connectivity index (χ2n) is 6.90. The van der Waals surface area contributed by atoms with Gasteiger partial charge in [-0.25, -0.2) is 0 Å².